The molecule has 0 unspecified atom stereocenters. The number of halogens is 2. The Labute approximate surface area is 209 Å². The van der Waals surface area contributed by atoms with Crippen LogP contribution in [0.1, 0.15) is 5.82 Å². The van der Waals surface area contributed by atoms with E-state index in [1.54, 1.807) is 30.6 Å². The van der Waals surface area contributed by atoms with Gasteiger partial charge >= 0.3 is 0 Å². The van der Waals surface area contributed by atoms with Gasteiger partial charge in [0, 0.05) is 23.9 Å². The summed E-state index contributed by atoms with van der Waals surface area (Å²) in [7, 11) is 0. The molecule has 1 atom stereocenters. The summed E-state index contributed by atoms with van der Waals surface area (Å²) in [5.74, 6) is -0.261. The van der Waals surface area contributed by atoms with Gasteiger partial charge in [-0.2, -0.15) is 9.61 Å². The van der Waals surface area contributed by atoms with Crippen LogP contribution in [0.15, 0.2) is 54.9 Å². The lowest BCUT2D eigenvalue weighted by molar-refractivity contribution is -0.101. The fraction of sp³-hybridized carbons (Fsp3) is 0.240. The van der Waals surface area contributed by atoms with E-state index < -0.39 is 11.6 Å². The topological polar surface area (TPSA) is 109 Å². The highest BCUT2D eigenvalue weighted by molar-refractivity contribution is 5.87. The molecule has 0 amide bonds. The number of aromatic nitrogens is 6. The fourth-order valence-corrected chi connectivity index (χ4v) is 4.03. The van der Waals surface area contributed by atoms with E-state index in [0.29, 0.717) is 65.9 Å². The molecule has 5 aromatic rings. The lowest BCUT2D eigenvalue weighted by Gasteiger charge is -2.22. The first-order chi connectivity index (χ1) is 18.1. The Morgan fingerprint density at radius 3 is 2.76 bits per heavy atom. The van der Waals surface area contributed by atoms with E-state index in [9.17, 15) is 8.78 Å². The summed E-state index contributed by atoms with van der Waals surface area (Å²) in [5.41, 5.74) is 3.26. The number of nitrogens with one attached hydrogen (secondary N) is 1. The van der Waals surface area contributed by atoms with Crippen molar-refractivity contribution < 1.29 is 23.0 Å². The van der Waals surface area contributed by atoms with Crippen LogP contribution in [0.3, 0.4) is 0 Å². The van der Waals surface area contributed by atoms with Crippen LogP contribution in [0.25, 0.3) is 27.9 Å². The Hall–Kier alpha value is -4.29. The molecule has 4 aromatic heterocycles. The molecule has 0 spiro atoms. The Balaban J connectivity index is 1.20. The Morgan fingerprint density at radius 1 is 1.03 bits per heavy atom. The molecule has 1 fully saturated rings. The van der Waals surface area contributed by atoms with Crippen molar-refractivity contribution in [2.45, 2.75) is 12.6 Å². The van der Waals surface area contributed by atoms with Crippen molar-refractivity contribution in [1.29, 1.82) is 0 Å². The SMILES string of the molecule is Fc1cc(F)cc(-c2ccc3nnc(CNc4ccnc5cc(OC[C@@H]6COCCO6)cnc45)n3n2)c1. The monoisotopic (exact) mass is 505 g/mol. The average Bonchev–Trinajstić information content (AvgIpc) is 3.33. The lowest BCUT2D eigenvalue weighted by Crippen LogP contribution is -2.33. The third-order valence-electron chi connectivity index (χ3n) is 5.80. The second kappa shape index (κ2) is 9.99. The molecule has 1 aliphatic heterocycles. The van der Waals surface area contributed by atoms with E-state index in [4.69, 9.17) is 14.2 Å². The number of nitrogens with zero attached hydrogens (tertiary/aromatic N) is 6. The largest absolute Gasteiger partial charge is 0.489 e. The first-order valence-electron chi connectivity index (χ1n) is 11.6. The highest BCUT2D eigenvalue weighted by atomic mass is 19.1. The third-order valence-corrected chi connectivity index (χ3v) is 5.80. The molecule has 0 saturated carbocycles. The van der Waals surface area contributed by atoms with Crippen LogP contribution in [0.5, 0.6) is 5.75 Å². The van der Waals surface area contributed by atoms with E-state index in [0.717, 1.165) is 11.8 Å². The van der Waals surface area contributed by atoms with Gasteiger partial charge < -0.3 is 19.5 Å². The van der Waals surface area contributed by atoms with Gasteiger partial charge in [0.15, 0.2) is 11.5 Å². The zero-order valence-electron chi connectivity index (χ0n) is 19.5. The Morgan fingerprint density at radius 2 is 1.92 bits per heavy atom. The minimum Gasteiger partial charge on any atom is -0.489 e. The minimum atomic E-state index is -0.676. The highest BCUT2D eigenvalue weighted by Gasteiger charge is 2.16. The molecular formula is C25H21F2N7O3. The molecule has 12 heteroatoms. The van der Waals surface area contributed by atoms with Gasteiger partial charge in [-0.3, -0.25) is 4.98 Å². The summed E-state index contributed by atoms with van der Waals surface area (Å²) >= 11 is 0. The van der Waals surface area contributed by atoms with Crippen LogP contribution in [-0.4, -0.2) is 62.3 Å². The van der Waals surface area contributed by atoms with Crippen molar-refractivity contribution in [2.24, 2.45) is 0 Å². The number of fused-ring (bicyclic) bond motifs is 2. The number of hydrogen-bond donors (Lipinski definition) is 1. The van der Waals surface area contributed by atoms with Crippen molar-refractivity contribution in [1.82, 2.24) is 29.8 Å². The molecule has 0 aliphatic carbocycles. The summed E-state index contributed by atoms with van der Waals surface area (Å²) in [6.07, 6.45) is 3.19. The third kappa shape index (κ3) is 5.01. The molecular weight excluding hydrogens is 484 g/mol. The van der Waals surface area contributed by atoms with Crippen LogP contribution in [0.4, 0.5) is 14.5 Å². The predicted molar refractivity (Wildman–Crippen MR) is 129 cm³/mol. The molecule has 5 heterocycles. The molecule has 6 rings (SSSR count). The minimum absolute atomic E-state index is 0.113. The van der Waals surface area contributed by atoms with Gasteiger partial charge in [0.2, 0.25) is 0 Å². The first-order valence-corrected chi connectivity index (χ1v) is 11.6. The predicted octanol–water partition coefficient (Wildman–Crippen LogP) is 3.42. The van der Waals surface area contributed by atoms with E-state index in [-0.39, 0.29) is 12.6 Å². The van der Waals surface area contributed by atoms with Gasteiger partial charge in [0.05, 0.1) is 49.5 Å². The maximum Gasteiger partial charge on any atom is 0.178 e. The summed E-state index contributed by atoms with van der Waals surface area (Å²) in [6, 6.07) is 10.2. The van der Waals surface area contributed by atoms with Crippen molar-refractivity contribution >= 4 is 22.4 Å². The Bertz CT molecular complexity index is 1550. The van der Waals surface area contributed by atoms with Gasteiger partial charge in [-0.25, -0.2) is 13.8 Å². The zero-order chi connectivity index (χ0) is 25.2. The number of pyridine rings is 2. The van der Waals surface area contributed by atoms with Gasteiger partial charge in [-0.05, 0) is 30.3 Å². The molecule has 1 aliphatic rings. The second-order valence-corrected chi connectivity index (χ2v) is 8.39. The summed E-state index contributed by atoms with van der Waals surface area (Å²) < 4.78 is 45.7. The van der Waals surface area contributed by atoms with Crippen LogP contribution in [-0.2, 0) is 16.0 Å². The summed E-state index contributed by atoms with van der Waals surface area (Å²) in [6.45, 7) is 2.29. The molecule has 1 aromatic carbocycles. The van der Waals surface area contributed by atoms with Gasteiger partial charge in [-0.1, -0.05) is 0 Å². The normalized spacial score (nSPS) is 15.8. The van der Waals surface area contributed by atoms with Crippen LogP contribution >= 0.6 is 0 Å². The van der Waals surface area contributed by atoms with Crippen LogP contribution < -0.4 is 10.1 Å². The maximum absolute atomic E-state index is 13.7. The Kier molecular flexibility index (Phi) is 6.25. The van der Waals surface area contributed by atoms with Gasteiger partial charge in [0.25, 0.3) is 0 Å². The molecule has 37 heavy (non-hydrogen) atoms. The highest BCUT2D eigenvalue weighted by Crippen LogP contribution is 2.24. The van der Waals surface area contributed by atoms with E-state index in [2.05, 4.69) is 30.6 Å². The van der Waals surface area contributed by atoms with Gasteiger partial charge in [-0.15, -0.1) is 10.2 Å². The second-order valence-electron chi connectivity index (χ2n) is 8.39. The standard InChI is InChI=1S/C25H21F2N7O3/c26-16-7-15(8-17(27)9-16)20-1-2-23-31-32-24(34(23)33-20)12-29-21-3-4-28-22-10-18(11-30-25(21)22)37-14-19-13-35-5-6-36-19/h1-4,7-11,19H,5-6,12-14H2,(H,28,29)/t19-/m0/s1. The van der Waals surface area contributed by atoms with Crippen molar-refractivity contribution in [3.8, 4) is 17.0 Å². The maximum atomic E-state index is 13.7. The molecule has 0 radical (unpaired) electrons. The van der Waals surface area contributed by atoms with E-state index >= 15 is 0 Å². The molecule has 1 N–H and O–H groups in total. The van der Waals surface area contributed by atoms with Crippen molar-refractivity contribution in [3.63, 3.8) is 0 Å². The van der Waals surface area contributed by atoms with Gasteiger partial charge in [0.1, 0.15) is 35.6 Å². The smallest absolute Gasteiger partial charge is 0.178 e. The van der Waals surface area contributed by atoms with E-state index in [1.807, 2.05) is 6.07 Å². The molecule has 0 bridgehead atoms. The number of hydrogen-bond acceptors (Lipinski definition) is 9. The number of benzene rings is 1. The molecule has 10 nitrogen and oxygen atoms in total. The van der Waals surface area contributed by atoms with Crippen LogP contribution in [0.2, 0.25) is 0 Å². The summed E-state index contributed by atoms with van der Waals surface area (Å²) in [5, 5.41) is 16.1. The quantitative estimate of drug-likeness (QED) is 0.356. The lowest BCUT2D eigenvalue weighted by atomic mass is 10.1. The fourth-order valence-electron chi connectivity index (χ4n) is 4.03. The molecule has 188 valence electrons. The summed E-state index contributed by atoms with van der Waals surface area (Å²) in [4.78, 5) is 8.93. The van der Waals surface area contributed by atoms with Crippen LogP contribution in [0, 0.1) is 11.6 Å². The number of ether oxygens (including phenoxy) is 3. The first kappa shape index (κ1) is 23.1. The average molecular weight is 505 g/mol. The van der Waals surface area contributed by atoms with E-state index in [1.165, 1.54) is 16.6 Å². The van der Waals surface area contributed by atoms with Crippen molar-refractivity contribution in [2.75, 3.05) is 31.7 Å². The van der Waals surface area contributed by atoms with Crippen molar-refractivity contribution in [3.05, 3.63) is 72.3 Å². The zero-order valence-corrected chi connectivity index (χ0v) is 19.5. The number of rotatable bonds is 7. The number of anilines is 1. The molecule has 1 saturated heterocycles.